The van der Waals surface area contributed by atoms with Crippen LogP contribution in [0.3, 0.4) is 0 Å². The number of hydrogen-bond acceptors (Lipinski definition) is 3. The van der Waals surface area contributed by atoms with Crippen molar-refractivity contribution in [3.63, 3.8) is 0 Å². The lowest BCUT2D eigenvalue weighted by atomic mass is 9.88. The lowest BCUT2D eigenvalue weighted by Crippen LogP contribution is -2.38. The summed E-state index contributed by atoms with van der Waals surface area (Å²) in [4.78, 5) is 11.9. The fraction of sp³-hybridized carbons (Fsp3) is 0.548. The molecule has 0 heterocycles. The van der Waals surface area contributed by atoms with Gasteiger partial charge < -0.3 is 10.6 Å². The van der Waals surface area contributed by atoms with Crippen LogP contribution >= 0.6 is 0 Å². The maximum atomic E-state index is 11.9. The van der Waals surface area contributed by atoms with Crippen molar-refractivity contribution in [3.8, 4) is 6.07 Å². The zero-order valence-electron chi connectivity index (χ0n) is 25.1. The fourth-order valence-electron chi connectivity index (χ4n) is 2.85. The number of nitriles is 1. The molecule has 1 aromatic carbocycles. The Labute approximate surface area is 230 Å². The average Bonchev–Trinajstić information content (AvgIpc) is 2.91. The molecule has 4 nitrogen and oxygen atoms in total. The Morgan fingerprint density at radius 1 is 1.16 bits per heavy atom. The van der Waals surface area contributed by atoms with Gasteiger partial charge in [-0.2, -0.15) is 18.4 Å². The maximum absolute atomic E-state index is 11.9. The molecule has 1 aliphatic carbocycles. The second-order valence-corrected chi connectivity index (χ2v) is 8.45. The number of anilines is 1. The van der Waals surface area contributed by atoms with Crippen LogP contribution in [0.4, 0.5) is 18.9 Å². The summed E-state index contributed by atoms with van der Waals surface area (Å²) in [6.45, 7) is 19.5. The van der Waals surface area contributed by atoms with Crippen LogP contribution in [0.5, 0.6) is 0 Å². The molecular weight excluding hydrogens is 487 g/mol. The second-order valence-electron chi connectivity index (χ2n) is 8.45. The van der Waals surface area contributed by atoms with E-state index < -0.39 is 12.1 Å². The van der Waals surface area contributed by atoms with Crippen LogP contribution in [0.25, 0.3) is 5.57 Å². The predicted octanol–water partition coefficient (Wildman–Crippen LogP) is 9.31. The van der Waals surface area contributed by atoms with Gasteiger partial charge in [0.15, 0.2) is 0 Å². The minimum atomic E-state index is -4.00. The highest BCUT2D eigenvalue weighted by molar-refractivity contribution is 5.80. The Morgan fingerprint density at radius 2 is 1.71 bits per heavy atom. The predicted molar refractivity (Wildman–Crippen MR) is 158 cm³/mol. The van der Waals surface area contributed by atoms with E-state index in [1.807, 2.05) is 85.9 Å². The van der Waals surface area contributed by atoms with Gasteiger partial charge in [0, 0.05) is 36.2 Å². The maximum Gasteiger partial charge on any atom is 0.391 e. The van der Waals surface area contributed by atoms with Gasteiger partial charge in [-0.05, 0) is 50.0 Å². The lowest BCUT2D eigenvalue weighted by Gasteiger charge is -2.26. The molecule has 0 aromatic heterocycles. The van der Waals surface area contributed by atoms with Crippen molar-refractivity contribution < 1.29 is 18.0 Å². The number of nitrogens with one attached hydrogen (secondary N) is 2. The summed E-state index contributed by atoms with van der Waals surface area (Å²) in [5.74, 6) is -1.09. The highest BCUT2D eigenvalue weighted by atomic mass is 19.4. The van der Waals surface area contributed by atoms with Gasteiger partial charge in [0.1, 0.15) is 0 Å². The van der Waals surface area contributed by atoms with Crippen molar-refractivity contribution >= 4 is 17.2 Å². The first-order valence-corrected chi connectivity index (χ1v) is 13.4. The molecule has 7 heteroatoms. The molecule has 0 aliphatic heterocycles. The molecule has 0 saturated heterocycles. The number of rotatable bonds is 5. The Bertz CT molecular complexity index is 879. The molecule has 0 fully saturated rings. The molecule has 0 spiro atoms. The number of amides is 1. The van der Waals surface area contributed by atoms with Gasteiger partial charge in [0.25, 0.3) is 0 Å². The topological polar surface area (TPSA) is 64.9 Å². The summed E-state index contributed by atoms with van der Waals surface area (Å²) in [7, 11) is 1.88. The summed E-state index contributed by atoms with van der Waals surface area (Å²) in [6.07, 6.45) is 6.51. The molecule has 1 unspecified atom stereocenters. The van der Waals surface area contributed by atoms with Crippen LogP contribution in [0.1, 0.15) is 92.7 Å². The van der Waals surface area contributed by atoms with E-state index in [-0.39, 0.29) is 17.9 Å². The van der Waals surface area contributed by atoms with Crippen LogP contribution in [-0.4, -0.2) is 25.2 Å². The van der Waals surface area contributed by atoms with Crippen molar-refractivity contribution in [1.82, 2.24) is 5.32 Å². The number of nitrogens with zero attached hydrogens (tertiary/aromatic N) is 1. The number of carbonyl (C=O) groups excluding carboxylic acids is 1. The summed E-state index contributed by atoms with van der Waals surface area (Å²) in [5, 5.41) is 15.4. The van der Waals surface area contributed by atoms with Crippen LogP contribution in [0.2, 0.25) is 0 Å². The first-order chi connectivity index (χ1) is 17.9. The quantitative estimate of drug-likeness (QED) is 0.368. The summed E-state index contributed by atoms with van der Waals surface area (Å²) in [6, 6.07) is 8.04. The van der Waals surface area contributed by atoms with Crippen LogP contribution in [0.15, 0.2) is 49.1 Å². The molecule has 0 saturated carbocycles. The normalized spacial score (nSPS) is 14.1. The average molecular weight is 538 g/mol. The first kappa shape index (κ1) is 39.5. The Balaban J connectivity index is -0.000000633. The largest absolute Gasteiger partial charge is 0.391 e. The minimum Gasteiger partial charge on any atom is -0.388 e. The molecule has 1 amide bonds. The molecule has 0 bridgehead atoms. The van der Waals surface area contributed by atoms with Gasteiger partial charge >= 0.3 is 6.18 Å². The molecule has 0 radical (unpaired) electrons. The molecule has 216 valence electrons. The van der Waals surface area contributed by atoms with Crippen LogP contribution in [0, 0.1) is 23.2 Å². The highest BCUT2D eigenvalue weighted by Crippen LogP contribution is 2.32. The van der Waals surface area contributed by atoms with Crippen molar-refractivity contribution in [3.05, 3.63) is 60.2 Å². The lowest BCUT2D eigenvalue weighted by molar-refractivity contribution is -0.164. The molecule has 38 heavy (non-hydrogen) atoms. The minimum absolute atomic E-state index is 0.00384. The molecular formula is C31H50F3N3O. The van der Waals surface area contributed by atoms with E-state index in [0.717, 1.165) is 44.4 Å². The Kier molecular flexibility index (Phi) is 24.0. The molecule has 2 rings (SSSR count). The van der Waals surface area contributed by atoms with E-state index in [0.29, 0.717) is 5.56 Å². The van der Waals surface area contributed by atoms with Gasteiger partial charge in [-0.3, -0.25) is 4.79 Å². The highest BCUT2D eigenvalue weighted by Gasteiger charge is 2.31. The summed E-state index contributed by atoms with van der Waals surface area (Å²) < 4.78 is 33.5. The van der Waals surface area contributed by atoms with E-state index in [2.05, 4.69) is 29.4 Å². The number of halogens is 3. The number of hydrogen-bond donors (Lipinski definition) is 2. The summed E-state index contributed by atoms with van der Waals surface area (Å²) in [5.41, 5.74) is 3.93. The van der Waals surface area contributed by atoms with E-state index >= 15 is 0 Å². The standard InChI is InChI=1S/C18H23N3O.C5H8.C4H7F3.2C2H6/c1-12(2)18(22)21-15-6-4-5-14(10-15)16-9-13(11-19)7-8-17(16)20-3;1-3-5-4-2;1-3(2)4(5,6)7;2*1-2/h5,7-9,12,15,20H,4,6,10H2,1-3H3,(H,21,22);3-5H,1H2,2H3;3H,1-2H3;2*1-2H3/b;5-4-;;;. The van der Waals surface area contributed by atoms with E-state index in [4.69, 9.17) is 5.26 Å². The second kappa shape index (κ2) is 23.1. The zero-order chi connectivity index (χ0) is 30.3. The Morgan fingerprint density at radius 3 is 2.08 bits per heavy atom. The van der Waals surface area contributed by atoms with Crippen LogP contribution in [-0.2, 0) is 4.79 Å². The first-order valence-electron chi connectivity index (χ1n) is 13.4. The van der Waals surface area contributed by atoms with Crippen molar-refractivity contribution in [2.45, 2.75) is 93.8 Å². The summed E-state index contributed by atoms with van der Waals surface area (Å²) >= 11 is 0. The Hall–Kier alpha value is -3.01. The van der Waals surface area contributed by atoms with E-state index in [1.165, 1.54) is 5.57 Å². The smallest absolute Gasteiger partial charge is 0.388 e. The number of allylic oxidation sites excluding steroid dienone is 4. The van der Waals surface area contributed by atoms with Crippen molar-refractivity contribution in [2.24, 2.45) is 11.8 Å². The molecule has 1 atom stereocenters. The number of carbonyl (C=O) groups is 1. The van der Waals surface area contributed by atoms with Gasteiger partial charge in [-0.15, -0.1) is 0 Å². The van der Waals surface area contributed by atoms with Crippen molar-refractivity contribution in [2.75, 3.05) is 12.4 Å². The number of benzene rings is 1. The third-order valence-corrected chi connectivity index (χ3v) is 4.99. The SMILES string of the molecule is C=C/C=C\C.CC.CC.CC(C)C(F)(F)F.CNc1ccc(C#N)cc1C1=CCCC(NC(=O)C(C)C)C1. The zero-order valence-corrected chi connectivity index (χ0v) is 25.1. The van der Waals surface area contributed by atoms with Gasteiger partial charge in [0.2, 0.25) is 5.91 Å². The van der Waals surface area contributed by atoms with Crippen molar-refractivity contribution in [1.29, 1.82) is 5.26 Å². The molecule has 1 aliphatic rings. The fourth-order valence-corrected chi connectivity index (χ4v) is 2.85. The van der Waals surface area contributed by atoms with Crippen LogP contribution < -0.4 is 10.6 Å². The number of alkyl halides is 3. The van der Waals surface area contributed by atoms with Gasteiger partial charge in [-0.25, -0.2) is 0 Å². The third kappa shape index (κ3) is 17.4. The monoisotopic (exact) mass is 537 g/mol. The van der Waals surface area contributed by atoms with E-state index in [1.54, 1.807) is 6.08 Å². The van der Waals surface area contributed by atoms with Gasteiger partial charge in [0.05, 0.1) is 11.6 Å². The molecule has 1 aromatic rings. The van der Waals surface area contributed by atoms with E-state index in [9.17, 15) is 18.0 Å². The third-order valence-electron chi connectivity index (χ3n) is 4.99. The molecule has 2 N–H and O–H groups in total. The van der Waals surface area contributed by atoms with Gasteiger partial charge in [-0.1, -0.05) is 86.3 Å².